The number of imidazole rings is 1. The molecule has 0 aliphatic heterocycles. The van der Waals surface area contributed by atoms with Crippen molar-refractivity contribution >= 4 is 28.7 Å². The van der Waals surface area contributed by atoms with Crippen molar-refractivity contribution in [3.05, 3.63) is 42.1 Å². The SMILES string of the molecule is Cc1cnc(NC(=O)C2CCCC(NC(=O)C3(O)CC3)C2)cc1-c1cc(F)c2ncn(C(C)C)c2c1. The zero-order valence-corrected chi connectivity index (χ0v) is 20.8. The van der Waals surface area contributed by atoms with E-state index in [2.05, 4.69) is 20.6 Å². The maximum atomic E-state index is 14.9. The Labute approximate surface area is 209 Å². The summed E-state index contributed by atoms with van der Waals surface area (Å²) in [4.78, 5) is 33.9. The third kappa shape index (κ3) is 4.72. The number of fused-ring (bicyclic) bond motifs is 1. The van der Waals surface area contributed by atoms with Gasteiger partial charge in [-0.3, -0.25) is 9.59 Å². The summed E-state index contributed by atoms with van der Waals surface area (Å²) < 4.78 is 16.8. The summed E-state index contributed by atoms with van der Waals surface area (Å²) in [5, 5.41) is 15.8. The number of halogens is 1. The van der Waals surface area contributed by atoms with E-state index in [1.54, 1.807) is 18.6 Å². The van der Waals surface area contributed by atoms with Crippen LogP contribution in [0.2, 0.25) is 0 Å². The van der Waals surface area contributed by atoms with Crippen molar-refractivity contribution in [3.8, 4) is 11.1 Å². The first-order valence-corrected chi connectivity index (χ1v) is 12.6. The standard InChI is InChI=1S/C27H32FN5O3/c1-15(2)33-14-30-24-21(28)10-18(11-22(24)33)20-12-23(29-13-16(20)3)32-25(34)17-5-4-6-19(9-17)31-26(35)27(36)7-8-27/h10-15,17,19,36H,4-9H2,1-3H3,(H,31,35)(H,29,32,34). The molecule has 2 unspecified atom stereocenters. The Morgan fingerprint density at radius 1 is 1.19 bits per heavy atom. The molecule has 0 radical (unpaired) electrons. The third-order valence-corrected chi connectivity index (χ3v) is 7.38. The Morgan fingerprint density at radius 3 is 2.69 bits per heavy atom. The minimum atomic E-state index is -1.22. The van der Waals surface area contributed by atoms with Gasteiger partial charge < -0.3 is 20.3 Å². The van der Waals surface area contributed by atoms with Gasteiger partial charge in [0, 0.05) is 24.2 Å². The van der Waals surface area contributed by atoms with Crippen LogP contribution < -0.4 is 10.6 Å². The predicted molar refractivity (Wildman–Crippen MR) is 135 cm³/mol. The molecule has 3 N–H and O–H groups in total. The van der Waals surface area contributed by atoms with Crippen LogP contribution in [-0.2, 0) is 9.59 Å². The summed E-state index contributed by atoms with van der Waals surface area (Å²) in [5.74, 6) is -0.743. The highest BCUT2D eigenvalue weighted by molar-refractivity contribution is 5.93. The Hall–Kier alpha value is -3.33. The van der Waals surface area contributed by atoms with Crippen LogP contribution >= 0.6 is 0 Å². The van der Waals surface area contributed by atoms with Crippen molar-refractivity contribution < 1.29 is 19.1 Å². The van der Waals surface area contributed by atoms with Crippen LogP contribution in [0.3, 0.4) is 0 Å². The summed E-state index contributed by atoms with van der Waals surface area (Å²) >= 11 is 0. The monoisotopic (exact) mass is 493 g/mol. The lowest BCUT2D eigenvalue weighted by molar-refractivity contribution is -0.133. The molecule has 2 aromatic heterocycles. The number of aromatic nitrogens is 3. The number of carbonyl (C=O) groups excluding carboxylic acids is 2. The average molecular weight is 494 g/mol. The Kier molecular flexibility index (Phi) is 6.28. The molecule has 0 bridgehead atoms. The van der Waals surface area contributed by atoms with Gasteiger partial charge in [0.2, 0.25) is 5.91 Å². The summed E-state index contributed by atoms with van der Waals surface area (Å²) in [5.41, 5.74) is 2.17. The van der Waals surface area contributed by atoms with Gasteiger partial charge in [0.05, 0.1) is 11.8 Å². The first-order chi connectivity index (χ1) is 17.1. The van der Waals surface area contributed by atoms with E-state index in [0.717, 1.165) is 30.4 Å². The number of anilines is 1. The van der Waals surface area contributed by atoms with Gasteiger partial charge in [-0.1, -0.05) is 6.42 Å². The van der Waals surface area contributed by atoms with Crippen LogP contribution in [0.1, 0.15) is 64.0 Å². The molecule has 5 rings (SSSR count). The lowest BCUT2D eigenvalue weighted by Gasteiger charge is -2.29. The predicted octanol–water partition coefficient (Wildman–Crippen LogP) is 4.27. The molecular weight excluding hydrogens is 461 g/mol. The first-order valence-electron chi connectivity index (χ1n) is 12.6. The van der Waals surface area contributed by atoms with Gasteiger partial charge in [-0.2, -0.15) is 0 Å². The quantitative estimate of drug-likeness (QED) is 0.475. The number of carbonyl (C=O) groups is 2. The molecule has 2 heterocycles. The number of aliphatic hydroxyl groups is 1. The molecule has 2 aliphatic rings. The molecule has 0 spiro atoms. The molecule has 190 valence electrons. The second kappa shape index (κ2) is 9.28. The highest BCUT2D eigenvalue weighted by Gasteiger charge is 2.48. The topological polar surface area (TPSA) is 109 Å². The summed E-state index contributed by atoms with van der Waals surface area (Å²) in [6.45, 7) is 5.94. The van der Waals surface area contributed by atoms with Crippen molar-refractivity contribution in [2.45, 2.75) is 77.0 Å². The van der Waals surface area contributed by atoms with Crippen LogP contribution in [0.15, 0.2) is 30.7 Å². The summed E-state index contributed by atoms with van der Waals surface area (Å²) in [7, 11) is 0. The smallest absolute Gasteiger partial charge is 0.252 e. The molecule has 1 aromatic carbocycles. The number of hydrogen-bond acceptors (Lipinski definition) is 5. The molecule has 3 aromatic rings. The van der Waals surface area contributed by atoms with Crippen molar-refractivity contribution in [2.75, 3.05) is 5.32 Å². The molecule has 0 saturated heterocycles. The number of aryl methyl sites for hydroxylation is 1. The number of benzene rings is 1. The zero-order chi connectivity index (χ0) is 25.6. The van der Waals surface area contributed by atoms with Crippen LogP contribution in [0.5, 0.6) is 0 Å². The van der Waals surface area contributed by atoms with Crippen LogP contribution in [0.25, 0.3) is 22.2 Å². The van der Waals surface area contributed by atoms with E-state index in [9.17, 15) is 19.1 Å². The van der Waals surface area contributed by atoms with E-state index >= 15 is 0 Å². The second-order valence-corrected chi connectivity index (χ2v) is 10.5. The average Bonchev–Trinajstić information content (AvgIpc) is 3.44. The Balaban J connectivity index is 1.33. The summed E-state index contributed by atoms with van der Waals surface area (Å²) in [6, 6.07) is 5.16. The molecule has 36 heavy (non-hydrogen) atoms. The lowest BCUT2D eigenvalue weighted by atomic mass is 9.85. The fourth-order valence-electron chi connectivity index (χ4n) is 5.01. The van der Waals surface area contributed by atoms with Crippen molar-refractivity contribution in [1.82, 2.24) is 19.9 Å². The van der Waals surface area contributed by atoms with E-state index < -0.39 is 11.4 Å². The molecule has 2 saturated carbocycles. The minimum absolute atomic E-state index is 0.131. The number of pyridine rings is 1. The second-order valence-electron chi connectivity index (χ2n) is 10.5. The highest BCUT2D eigenvalue weighted by Crippen LogP contribution is 2.36. The zero-order valence-electron chi connectivity index (χ0n) is 20.8. The Morgan fingerprint density at radius 2 is 1.97 bits per heavy atom. The van der Waals surface area contributed by atoms with Crippen molar-refractivity contribution in [1.29, 1.82) is 0 Å². The molecule has 2 fully saturated rings. The van der Waals surface area contributed by atoms with E-state index in [1.807, 2.05) is 31.4 Å². The number of rotatable bonds is 6. The minimum Gasteiger partial charge on any atom is -0.380 e. The molecule has 8 nitrogen and oxygen atoms in total. The maximum Gasteiger partial charge on any atom is 0.252 e. The van der Waals surface area contributed by atoms with E-state index in [-0.39, 0.29) is 29.8 Å². The van der Waals surface area contributed by atoms with Crippen LogP contribution in [-0.4, -0.2) is 43.1 Å². The molecule has 9 heteroatoms. The van der Waals surface area contributed by atoms with Gasteiger partial charge in [-0.15, -0.1) is 0 Å². The van der Waals surface area contributed by atoms with Crippen molar-refractivity contribution in [2.24, 2.45) is 5.92 Å². The molecular formula is C27H32FN5O3. The van der Waals surface area contributed by atoms with Crippen LogP contribution in [0.4, 0.5) is 10.2 Å². The number of hydrogen-bond donors (Lipinski definition) is 3. The highest BCUT2D eigenvalue weighted by atomic mass is 19.1. The first kappa shape index (κ1) is 24.4. The fourth-order valence-corrected chi connectivity index (χ4v) is 5.01. The van der Waals surface area contributed by atoms with Crippen LogP contribution in [0, 0.1) is 18.7 Å². The fraction of sp³-hybridized carbons (Fsp3) is 0.481. The number of nitrogens with zero attached hydrogens (tertiary/aromatic N) is 3. The number of amides is 2. The maximum absolute atomic E-state index is 14.9. The van der Waals surface area contributed by atoms with Gasteiger partial charge in [-0.05, 0) is 87.8 Å². The lowest BCUT2D eigenvalue weighted by Crippen LogP contribution is -2.45. The summed E-state index contributed by atoms with van der Waals surface area (Å²) in [6.07, 6.45) is 7.17. The van der Waals surface area contributed by atoms with E-state index in [1.165, 1.54) is 6.07 Å². The van der Waals surface area contributed by atoms with Gasteiger partial charge in [0.1, 0.15) is 16.9 Å². The largest absolute Gasteiger partial charge is 0.380 e. The van der Waals surface area contributed by atoms with E-state index in [4.69, 9.17) is 0 Å². The van der Waals surface area contributed by atoms with Crippen molar-refractivity contribution in [3.63, 3.8) is 0 Å². The third-order valence-electron chi connectivity index (χ3n) is 7.38. The van der Waals surface area contributed by atoms with E-state index in [0.29, 0.717) is 41.7 Å². The molecule has 2 atom stereocenters. The van der Waals surface area contributed by atoms with Gasteiger partial charge in [-0.25, -0.2) is 14.4 Å². The number of nitrogens with one attached hydrogen (secondary N) is 2. The molecule has 2 amide bonds. The van der Waals surface area contributed by atoms with Gasteiger partial charge in [0.15, 0.2) is 5.82 Å². The van der Waals surface area contributed by atoms with Gasteiger partial charge >= 0.3 is 0 Å². The molecule has 2 aliphatic carbocycles. The Bertz CT molecular complexity index is 1330. The normalized spacial score (nSPS) is 20.9. The van der Waals surface area contributed by atoms with Gasteiger partial charge in [0.25, 0.3) is 5.91 Å².